The minimum absolute atomic E-state index is 0.0374. The highest BCUT2D eigenvalue weighted by Gasteiger charge is 2.33. The van der Waals surface area contributed by atoms with Crippen molar-refractivity contribution in [3.63, 3.8) is 0 Å². The van der Waals surface area contributed by atoms with Crippen LogP contribution in [-0.2, 0) is 19.0 Å². The largest absolute Gasteiger partial charge is 0.491 e. The van der Waals surface area contributed by atoms with Crippen LogP contribution in [0.2, 0.25) is 0 Å². The van der Waals surface area contributed by atoms with Crippen molar-refractivity contribution >= 4 is 5.91 Å². The van der Waals surface area contributed by atoms with Gasteiger partial charge in [0.15, 0.2) is 0 Å². The van der Waals surface area contributed by atoms with Gasteiger partial charge < -0.3 is 19.1 Å². The second-order valence-electron chi connectivity index (χ2n) is 5.87. The molecule has 3 rings (SSSR count). The number of carbonyl (C=O) groups excluding carboxylic acids is 1. The Morgan fingerprint density at radius 2 is 1.95 bits per heavy atom. The molecule has 3 aliphatic rings. The number of amides is 1. The monoisotopic (exact) mass is 281 g/mol. The first kappa shape index (κ1) is 13.7. The molecule has 0 bridgehead atoms. The van der Waals surface area contributed by atoms with E-state index >= 15 is 0 Å². The van der Waals surface area contributed by atoms with Crippen LogP contribution in [0.1, 0.15) is 32.6 Å². The molecule has 0 N–H and O–H groups in total. The smallest absolute Gasteiger partial charge is 0.292 e. The third-order valence-electron chi connectivity index (χ3n) is 4.07. The van der Waals surface area contributed by atoms with Gasteiger partial charge in [0.1, 0.15) is 19.0 Å². The van der Waals surface area contributed by atoms with Gasteiger partial charge in [-0.1, -0.05) is 0 Å². The fourth-order valence-electron chi connectivity index (χ4n) is 2.75. The summed E-state index contributed by atoms with van der Waals surface area (Å²) in [5.74, 6) is 1.61. The fraction of sp³-hybridized carbons (Fsp3) is 0.800. The van der Waals surface area contributed by atoms with Gasteiger partial charge in [-0.05, 0) is 38.5 Å². The van der Waals surface area contributed by atoms with Crippen molar-refractivity contribution in [1.29, 1.82) is 0 Å². The Hall–Kier alpha value is -1.23. The highest BCUT2D eigenvalue weighted by atomic mass is 16.6. The topological polar surface area (TPSA) is 48.0 Å². The Kier molecular flexibility index (Phi) is 4.15. The van der Waals surface area contributed by atoms with Crippen LogP contribution in [0.25, 0.3) is 0 Å². The Morgan fingerprint density at radius 3 is 2.60 bits per heavy atom. The van der Waals surface area contributed by atoms with Gasteiger partial charge in [-0.3, -0.25) is 4.79 Å². The van der Waals surface area contributed by atoms with Crippen molar-refractivity contribution in [2.24, 2.45) is 5.92 Å². The zero-order valence-corrected chi connectivity index (χ0v) is 12.1. The molecule has 1 unspecified atom stereocenters. The first-order valence-electron chi connectivity index (χ1n) is 7.61. The van der Waals surface area contributed by atoms with Crippen molar-refractivity contribution in [3.8, 4) is 0 Å². The van der Waals surface area contributed by atoms with Crippen LogP contribution in [0, 0.1) is 5.92 Å². The molecule has 0 aromatic carbocycles. The third-order valence-corrected chi connectivity index (χ3v) is 4.07. The number of carbonyl (C=O) groups is 1. The van der Waals surface area contributed by atoms with E-state index in [-0.39, 0.29) is 12.0 Å². The number of ether oxygens (including phenoxy) is 3. The fourth-order valence-corrected chi connectivity index (χ4v) is 2.75. The molecule has 1 saturated carbocycles. The summed E-state index contributed by atoms with van der Waals surface area (Å²) >= 11 is 0. The quantitative estimate of drug-likeness (QED) is 0.769. The van der Waals surface area contributed by atoms with Gasteiger partial charge in [-0.15, -0.1) is 0 Å². The van der Waals surface area contributed by atoms with Crippen LogP contribution in [0.5, 0.6) is 0 Å². The second-order valence-corrected chi connectivity index (χ2v) is 5.87. The predicted octanol–water partition coefficient (Wildman–Crippen LogP) is 1.68. The molecule has 0 aromatic heterocycles. The van der Waals surface area contributed by atoms with E-state index in [2.05, 4.69) is 0 Å². The Labute approximate surface area is 119 Å². The molecule has 0 radical (unpaired) electrons. The number of hydrogen-bond donors (Lipinski definition) is 0. The molecule has 2 heterocycles. The molecule has 0 aromatic rings. The van der Waals surface area contributed by atoms with Crippen molar-refractivity contribution in [2.45, 2.75) is 38.7 Å². The third kappa shape index (κ3) is 3.26. The highest BCUT2D eigenvalue weighted by molar-refractivity contribution is 5.92. The molecule has 1 atom stereocenters. The molecule has 1 aliphatic carbocycles. The summed E-state index contributed by atoms with van der Waals surface area (Å²) in [5, 5.41) is 0. The van der Waals surface area contributed by atoms with E-state index in [9.17, 15) is 4.79 Å². The Balaban J connectivity index is 1.68. The van der Waals surface area contributed by atoms with Crippen molar-refractivity contribution in [2.75, 3.05) is 32.9 Å². The maximum Gasteiger partial charge on any atom is 0.292 e. The van der Waals surface area contributed by atoms with Gasteiger partial charge in [0.2, 0.25) is 5.76 Å². The lowest BCUT2D eigenvalue weighted by Crippen LogP contribution is -2.41. The number of nitrogens with zero attached hydrogens (tertiary/aromatic N) is 1. The maximum absolute atomic E-state index is 12.7. The SMILES string of the molecule is CC1=C(C(=O)N(CC2CC2)CC2CCCO2)OCCO1. The summed E-state index contributed by atoms with van der Waals surface area (Å²) in [6.45, 7) is 5.09. The lowest BCUT2D eigenvalue weighted by molar-refractivity contribution is -0.134. The Bertz CT molecular complexity index is 397. The van der Waals surface area contributed by atoms with E-state index in [1.54, 1.807) is 6.92 Å². The first-order chi connectivity index (χ1) is 9.74. The molecule has 5 nitrogen and oxygen atoms in total. The van der Waals surface area contributed by atoms with E-state index in [1.165, 1.54) is 12.8 Å². The van der Waals surface area contributed by atoms with E-state index in [4.69, 9.17) is 14.2 Å². The molecule has 112 valence electrons. The van der Waals surface area contributed by atoms with Gasteiger partial charge in [0.25, 0.3) is 5.91 Å². The van der Waals surface area contributed by atoms with Gasteiger partial charge in [-0.25, -0.2) is 0 Å². The minimum Gasteiger partial charge on any atom is -0.491 e. The van der Waals surface area contributed by atoms with Gasteiger partial charge in [-0.2, -0.15) is 0 Å². The maximum atomic E-state index is 12.7. The zero-order chi connectivity index (χ0) is 13.9. The van der Waals surface area contributed by atoms with Crippen LogP contribution in [-0.4, -0.2) is 49.8 Å². The van der Waals surface area contributed by atoms with E-state index in [0.29, 0.717) is 37.2 Å². The molecule has 0 spiro atoms. The van der Waals surface area contributed by atoms with Gasteiger partial charge in [0.05, 0.1) is 6.10 Å². The second kappa shape index (κ2) is 6.04. The minimum atomic E-state index is -0.0374. The van der Waals surface area contributed by atoms with Gasteiger partial charge in [0, 0.05) is 19.7 Å². The lowest BCUT2D eigenvalue weighted by Gasteiger charge is -2.28. The molecule has 20 heavy (non-hydrogen) atoms. The molecule has 1 amide bonds. The molecule has 5 heteroatoms. The average Bonchev–Trinajstić information content (AvgIpc) is 3.11. The number of allylic oxidation sites excluding steroid dienone is 1. The molecule has 1 saturated heterocycles. The predicted molar refractivity (Wildman–Crippen MR) is 72.9 cm³/mol. The van der Waals surface area contributed by atoms with Crippen molar-refractivity contribution in [1.82, 2.24) is 4.90 Å². The summed E-state index contributed by atoms with van der Waals surface area (Å²) in [4.78, 5) is 14.6. The normalized spacial score (nSPS) is 26.1. The summed E-state index contributed by atoms with van der Waals surface area (Å²) in [6.07, 6.45) is 4.78. The standard InChI is InChI=1S/C15H23NO4/c1-11-14(20-8-7-18-11)15(17)16(9-12-4-5-12)10-13-3-2-6-19-13/h12-13H,2-10H2,1H3. The summed E-state index contributed by atoms with van der Waals surface area (Å²) in [7, 11) is 0. The summed E-state index contributed by atoms with van der Waals surface area (Å²) in [6, 6.07) is 0. The van der Waals surface area contributed by atoms with Crippen LogP contribution >= 0.6 is 0 Å². The number of rotatable bonds is 5. The van der Waals surface area contributed by atoms with E-state index in [1.807, 2.05) is 4.90 Å². The molecule has 2 aliphatic heterocycles. The van der Waals surface area contributed by atoms with E-state index < -0.39 is 0 Å². The van der Waals surface area contributed by atoms with Crippen LogP contribution in [0.4, 0.5) is 0 Å². The zero-order valence-electron chi connectivity index (χ0n) is 12.1. The van der Waals surface area contributed by atoms with E-state index in [0.717, 1.165) is 26.0 Å². The number of hydrogen-bond acceptors (Lipinski definition) is 4. The summed E-state index contributed by atoms with van der Waals surface area (Å²) < 4.78 is 16.6. The van der Waals surface area contributed by atoms with Crippen molar-refractivity contribution in [3.05, 3.63) is 11.5 Å². The lowest BCUT2D eigenvalue weighted by atomic mass is 10.2. The van der Waals surface area contributed by atoms with Crippen molar-refractivity contribution < 1.29 is 19.0 Å². The summed E-state index contributed by atoms with van der Waals surface area (Å²) in [5.41, 5.74) is 0. The van der Waals surface area contributed by atoms with Crippen LogP contribution in [0.3, 0.4) is 0 Å². The first-order valence-corrected chi connectivity index (χ1v) is 7.61. The van der Waals surface area contributed by atoms with Crippen LogP contribution < -0.4 is 0 Å². The van der Waals surface area contributed by atoms with Gasteiger partial charge >= 0.3 is 0 Å². The molecular weight excluding hydrogens is 258 g/mol. The molecular formula is C15H23NO4. The average molecular weight is 281 g/mol. The molecule has 2 fully saturated rings. The Morgan fingerprint density at radius 1 is 1.15 bits per heavy atom. The highest BCUT2D eigenvalue weighted by Crippen LogP contribution is 2.31. The van der Waals surface area contributed by atoms with Crippen LogP contribution in [0.15, 0.2) is 11.5 Å².